The van der Waals surface area contributed by atoms with E-state index in [1.165, 1.54) is 57.6 Å². The van der Waals surface area contributed by atoms with Gasteiger partial charge in [-0.3, -0.25) is 13.6 Å². The highest BCUT2D eigenvalue weighted by Crippen LogP contribution is 2.41. The summed E-state index contributed by atoms with van der Waals surface area (Å²) in [6.07, 6.45) is 9.67. The lowest BCUT2D eigenvalue weighted by Crippen LogP contribution is -2.44. The van der Waals surface area contributed by atoms with Crippen LogP contribution in [0.4, 0.5) is 0 Å². The molecule has 32 nitrogen and oxygen atoms in total. The van der Waals surface area contributed by atoms with Gasteiger partial charge in [-0.15, -0.1) is 80.4 Å². The standard InChI is InChI=1S/C13H25NO3S2Si.C12H25N3O2S2Si.C7H10N2O4S2.C7H9NO2S.C6H10N2O3S2.C5H6N2O3S2.C5H5NOS.C2H6O2.ClH/c1-12(2,3)20(6,7)9-19(16,17)10-8-14-11(18-10)13(4,5)15;1-11(2,3)20(6,7)15-19(13,17)9-8-14-10(18-9)12(4,5)16;1-7(12-2-3-13-7)6-9-4-5(14-6)15(8,10)11;1-7(9-3-4-10-7)6-8-2-5-11-6;1-6(2,9)5-8-3-4(12-5)13(7,10)11;1-3(8)5-7-2-4(11-5)12(6,9)10;1-4(7)5-6-2-3-8-5;3-1-2-4;/h8,15H,9H2,1-7H3;8,16H,1-7H3,(H2,13,15,17);4H,2-3H2,1H3,(H2,8,10,11);2,5H,3-4H2,1H3;3,9H,1-2H3,(H2,7,10,11);2H,1H3,(H2,6,9,10);2-3H,1H3;3-4H,1-2H2;1H. The highest BCUT2D eigenvalue weighted by Gasteiger charge is 2.42. The van der Waals surface area contributed by atoms with Crippen molar-refractivity contribution in [3.63, 3.8) is 0 Å². The molecule has 2 aliphatic heterocycles. The van der Waals surface area contributed by atoms with Crippen molar-refractivity contribution in [2.75, 3.05) is 45.0 Å². The van der Waals surface area contributed by atoms with Crippen LogP contribution in [0.5, 0.6) is 0 Å². The molecule has 7 aromatic rings. The maximum Gasteiger partial charge on any atom is 0.249 e. The van der Waals surface area contributed by atoms with Gasteiger partial charge in [0.05, 0.1) is 78.7 Å². The average molecular weight is 1750 g/mol. The van der Waals surface area contributed by atoms with Crippen molar-refractivity contribution in [1.82, 2.24) is 34.9 Å². The minimum Gasteiger partial charge on any atom is -0.394 e. The lowest BCUT2D eigenvalue weighted by Gasteiger charge is -2.36. The first-order valence-electron chi connectivity index (χ1n) is 30.3. The molecule has 2 aliphatic rings. The third-order valence-corrected chi connectivity index (χ3v) is 44.5. The summed E-state index contributed by atoms with van der Waals surface area (Å²) in [4.78, 5) is 48.5. The first kappa shape index (κ1) is 98.7. The zero-order chi connectivity index (χ0) is 79.8. The van der Waals surface area contributed by atoms with E-state index in [0.717, 1.165) is 74.1 Å². The molecular formula is C57H97ClN12O20S12Si2. The predicted octanol–water partition coefficient (Wildman–Crippen LogP) is 8.39. The fourth-order valence-corrected chi connectivity index (χ4v) is 26.8. The average Bonchev–Trinajstić information content (AvgIpc) is 1.47. The number of Topliss-reactive ketones (excluding diaryl/α,β-unsaturated/α-hetero) is 2. The number of ether oxygens (including phenoxy) is 4. The van der Waals surface area contributed by atoms with E-state index in [0.29, 0.717) is 55.7 Å². The minimum absolute atomic E-state index is 0. The van der Waals surface area contributed by atoms with Gasteiger partial charge in [-0.25, -0.2) is 93.3 Å². The molecule has 1 unspecified atom stereocenters. The second kappa shape index (κ2) is 39.1. The zero-order valence-electron chi connectivity index (χ0n) is 61.2. The molecule has 0 amide bonds. The summed E-state index contributed by atoms with van der Waals surface area (Å²) in [6, 6.07) is 0. The number of thiazole rings is 7. The number of nitrogens with two attached hydrogens (primary N) is 4. The monoisotopic (exact) mass is 1740 g/mol. The number of hydrogen-bond acceptors (Lipinski definition) is 35. The predicted molar refractivity (Wildman–Crippen MR) is 414 cm³/mol. The van der Waals surface area contributed by atoms with Gasteiger partial charge < -0.3 is 44.5 Å². The highest BCUT2D eigenvalue weighted by atomic mass is 35.5. The van der Waals surface area contributed by atoms with Crippen LogP contribution in [0, 0.1) is 0 Å². The van der Waals surface area contributed by atoms with E-state index in [1.54, 1.807) is 63.7 Å². The number of aliphatic hydroxyl groups is 5. The summed E-state index contributed by atoms with van der Waals surface area (Å²) in [7, 11) is -21.4. The number of rotatable bonds is 16. The number of aliphatic hydroxyl groups excluding tert-OH is 2. The number of ketones is 2. The highest BCUT2D eigenvalue weighted by molar-refractivity contribution is 7.95. The number of hydrogen-bond donors (Lipinski definition) is 9. The Morgan fingerprint density at radius 2 is 0.837 bits per heavy atom. The largest absolute Gasteiger partial charge is 0.394 e. The van der Waals surface area contributed by atoms with Gasteiger partial charge in [-0.05, 0) is 78.6 Å². The van der Waals surface area contributed by atoms with Crippen LogP contribution in [0.1, 0.15) is 155 Å². The molecular weight excluding hydrogens is 1650 g/mol. The molecule has 104 heavy (non-hydrogen) atoms. The molecule has 0 aromatic carbocycles. The van der Waals surface area contributed by atoms with E-state index >= 15 is 0 Å². The molecule has 0 spiro atoms. The summed E-state index contributed by atoms with van der Waals surface area (Å²) in [6.45, 7) is 38.9. The van der Waals surface area contributed by atoms with Crippen molar-refractivity contribution in [2.24, 2.45) is 24.6 Å². The molecule has 9 heterocycles. The molecule has 0 aliphatic carbocycles. The van der Waals surface area contributed by atoms with Gasteiger partial charge in [-0.1, -0.05) is 66.0 Å². The van der Waals surface area contributed by atoms with Gasteiger partial charge in [0, 0.05) is 42.4 Å². The van der Waals surface area contributed by atoms with Crippen LogP contribution >= 0.6 is 91.8 Å². The van der Waals surface area contributed by atoms with Crippen LogP contribution < -0.4 is 20.6 Å². The van der Waals surface area contributed by atoms with Crippen LogP contribution in [-0.4, -0.2) is 171 Å². The summed E-state index contributed by atoms with van der Waals surface area (Å²) in [5.41, 5.74) is -3.29. The second-order valence-electron chi connectivity index (χ2n) is 27.1. The Kier molecular flexibility index (Phi) is 37.1. The van der Waals surface area contributed by atoms with Crippen LogP contribution in [-0.2, 0) is 97.1 Å². The topological polar surface area (TPSA) is 533 Å². The third kappa shape index (κ3) is 31.6. The molecule has 13 N–H and O–H groups in total. The molecule has 2 fully saturated rings. The number of nitrogens with zero attached hydrogens (tertiary/aromatic N) is 8. The molecule has 9 rings (SSSR count). The van der Waals surface area contributed by atoms with Gasteiger partial charge >= 0.3 is 0 Å². The normalized spacial score (nSPS) is 15.4. The van der Waals surface area contributed by atoms with Gasteiger partial charge in [0.15, 0.2) is 62.3 Å². The van der Waals surface area contributed by atoms with Crippen molar-refractivity contribution in [3.8, 4) is 0 Å². The number of carbonyl (C=O) groups is 2. The molecule has 7 aromatic heterocycles. The Hall–Kier alpha value is -3.30. The van der Waals surface area contributed by atoms with E-state index in [4.69, 9.17) is 49.7 Å². The van der Waals surface area contributed by atoms with E-state index < -0.39 is 94.5 Å². The smallest absolute Gasteiger partial charge is 0.249 e. The molecule has 0 bridgehead atoms. The van der Waals surface area contributed by atoms with Crippen LogP contribution in [0.15, 0.2) is 79.2 Å². The fraction of sp³-hybridized carbons (Fsp3) is 0.596. The quantitative estimate of drug-likeness (QED) is 0.0324. The van der Waals surface area contributed by atoms with E-state index in [-0.39, 0.29) is 74.5 Å². The first-order valence-corrected chi connectivity index (χ1v) is 50.2. The van der Waals surface area contributed by atoms with Gasteiger partial charge in [-0.2, -0.15) is 0 Å². The zero-order valence-corrected chi connectivity index (χ0v) is 73.8. The Balaban J connectivity index is 0.000000609. The van der Waals surface area contributed by atoms with E-state index in [2.05, 4.69) is 107 Å². The molecule has 1 atom stereocenters. The maximum atomic E-state index is 12.7. The maximum absolute atomic E-state index is 12.7. The number of halogens is 1. The molecule has 47 heteroatoms. The van der Waals surface area contributed by atoms with E-state index in [1.807, 2.05) is 12.3 Å². The number of primary sulfonamides is 3. The minimum atomic E-state index is -3.71. The summed E-state index contributed by atoms with van der Waals surface area (Å²) >= 11 is 7.77. The van der Waals surface area contributed by atoms with E-state index in [9.17, 15) is 62.8 Å². The SMILES string of the molecule is CC(=O)c1ncc(S(N)(=O)=O)s1.CC(=O)c1nccs1.CC(C)(O)c1ncc(S(=O)(=O)C[Si](C)(C)C(C)(C)C)s1.CC(C)(O)c1ncc(S(N)(=O)=N[Si](C)(C)C(C)(C)C)s1.CC(C)(O)c1ncc(S(N)(=O)=O)s1.CC1(c2ncc(S(N)(=O)=O)s2)OCCO1.CC1(c2nccs2)OCCO1.Cl.OCCO. The molecule has 0 saturated carbocycles. The van der Waals surface area contributed by atoms with Crippen molar-refractivity contribution >= 4 is 169 Å². The number of aromatic nitrogens is 7. The molecule has 0 radical (unpaired) electrons. The van der Waals surface area contributed by atoms with Crippen LogP contribution in [0.25, 0.3) is 0 Å². The lowest BCUT2D eigenvalue weighted by atomic mass is 10.2. The number of sulfonamides is 3. The second-order valence-corrected chi connectivity index (χ2v) is 55.0. The Labute approximate surface area is 645 Å². The van der Waals surface area contributed by atoms with Crippen molar-refractivity contribution in [2.45, 2.75) is 196 Å². The van der Waals surface area contributed by atoms with Gasteiger partial charge in [0.1, 0.15) is 50.2 Å². The van der Waals surface area contributed by atoms with Crippen molar-refractivity contribution in [3.05, 3.63) is 89.2 Å². The van der Waals surface area contributed by atoms with Crippen molar-refractivity contribution in [1.29, 1.82) is 0 Å². The van der Waals surface area contributed by atoms with Crippen LogP contribution in [0.2, 0.25) is 36.3 Å². The number of sulfone groups is 1. The lowest BCUT2D eigenvalue weighted by molar-refractivity contribution is -0.150. The van der Waals surface area contributed by atoms with Crippen molar-refractivity contribution < 1.29 is 91.9 Å². The van der Waals surface area contributed by atoms with Gasteiger partial charge in [0.25, 0.3) is 0 Å². The Bertz CT molecular complexity index is 4450. The summed E-state index contributed by atoms with van der Waals surface area (Å²) in [5, 5.41) is 72.4. The van der Waals surface area contributed by atoms with Gasteiger partial charge in [0.2, 0.25) is 41.6 Å². The molecule has 592 valence electrons. The van der Waals surface area contributed by atoms with Crippen LogP contribution in [0.3, 0.4) is 0 Å². The summed E-state index contributed by atoms with van der Waals surface area (Å²) in [5.74, 6) is -1.74. The summed E-state index contributed by atoms with van der Waals surface area (Å²) < 4.78 is 130. The first-order chi connectivity index (χ1) is 46.4. The third-order valence-electron chi connectivity index (χ3n) is 14.2. The fourth-order valence-electron chi connectivity index (χ4n) is 6.60. The Morgan fingerprint density at radius 1 is 0.490 bits per heavy atom. The number of carbonyl (C=O) groups excluding carboxylic acids is 2. The Morgan fingerprint density at radius 3 is 1.13 bits per heavy atom. The molecule has 2 saturated heterocycles.